The van der Waals surface area contributed by atoms with Crippen LogP contribution in [0.5, 0.6) is 0 Å². The number of nitrogens with zero attached hydrogens (tertiary/aromatic N) is 5. The molecule has 3 heterocycles. The normalized spacial score (nSPS) is 13.9. The lowest BCUT2D eigenvalue weighted by Gasteiger charge is -2.35. The van der Waals surface area contributed by atoms with Gasteiger partial charge in [-0.05, 0) is 69.5 Å². The van der Waals surface area contributed by atoms with Crippen LogP contribution in [0.1, 0.15) is 42.6 Å². The molecule has 224 valence electrons. The molecular formula is C31H32F2N6O4. The molecule has 4 aromatic rings. The van der Waals surface area contributed by atoms with E-state index < -0.39 is 29.0 Å². The molecule has 2 aromatic heterocycles. The van der Waals surface area contributed by atoms with Crippen LogP contribution in [0.25, 0.3) is 28.0 Å². The van der Waals surface area contributed by atoms with E-state index in [0.717, 1.165) is 22.3 Å². The van der Waals surface area contributed by atoms with Crippen molar-refractivity contribution in [3.05, 3.63) is 81.6 Å². The molecule has 12 heteroatoms. The van der Waals surface area contributed by atoms with E-state index in [2.05, 4.69) is 10.3 Å². The number of fused-ring (bicyclic) bond motifs is 1. The predicted octanol–water partition coefficient (Wildman–Crippen LogP) is 4.75. The quantitative estimate of drug-likeness (QED) is 0.333. The second-order valence-electron chi connectivity index (χ2n) is 11.0. The summed E-state index contributed by atoms with van der Waals surface area (Å²) in [5.74, 6) is -1.93. The van der Waals surface area contributed by atoms with Crippen molar-refractivity contribution in [1.29, 1.82) is 0 Å². The van der Waals surface area contributed by atoms with E-state index in [1.54, 1.807) is 18.2 Å². The number of benzene rings is 2. The van der Waals surface area contributed by atoms with Crippen molar-refractivity contribution < 1.29 is 23.5 Å². The molecule has 0 spiro atoms. The third-order valence-corrected chi connectivity index (χ3v) is 7.67. The number of aromatic nitrogens is 3. The number of pyridine rings is 1. The number of aryl methyl sites for hydroxylation is 1. The van der Waals surface area contributed by atoms with E-state index in [1.807, 2.05) is 25.7 Å². The van der Waals surface area contributed by atoms with Crippen molar-refractivity contribution in [2.24, 2.45) is 0 Å². The monoisotopic (exact) mass is 590 g/mol. The molecule has 1 saturated heterocycles. The highest BCUT2D eigenvalue weighted by Gasteiger charge is 2.28. The maximum absolute atomic E-state index is 15.1. The molecular weight excluding hydrogens is 558 g/mol. The lowest BCUT2D eigenvalue weighted by molar-refractivity contribution is 0.0943. The van der Waals surface area contributed by atoms with Crippen molar-refractivity contribution >= 4 is 29.0 Å². The first-order chi connectivity index (χ1) is 20.5. The molecule has 43 heavy (non-hydrogen) atoms. The van der Waals surface area contributed by atoms with Crippen molar-refractivity contribution in [2.75, 3.05) is 25.0 Å². The second kappa shape index (κ2) is 11.8. The van der Waals surface area contributed by atoms with E-state index in [-0.39, 0.29) is 29.6 Å². The first kappa shape index (κ1) is 29.6. The summed E-state index contributed by atoms with van der Waals surface area (Å²) in [6.45, 7) is 6.39. The number of halogens is 2. The number of amides is 2. The summed E-state index contributed by atoms with van der Waals surface area (Å²) in [5.41, 5.74) is 0.902. The number of anilines is 1. The van der Waals surface area contributed by atoms with Crippen LogP contribution in [-0.4, -0.2) is 68.8 Å². The minimum absolute atomic E-state index is 0.00212. The molecule has 10 nitrogen and oxygen atoms in total. The summed E-state index contributed by atoms with van der Waals surface area (Å²) in [5, 5.41) is 12.6. The van der Waals surface area contributed by atoms with Gasteiger partial charge < -0.3 is 20.2 Å². The number of carboxylic acid groups (broad SMARTS) is 1. The molecule has 2 amide bonds. The van der Waals surface area contributed by atoms with Gasteiger partial charge >= 0.3 is 6.09 Å². The van der Waals surface area contributed by atoms with Gasteiger partial charge in [-0.3, -0.25) is 14.2 Å². The highest BCUT2D eigenvalue weighted by atomic mass is 19.1. The Labute approximate surface area is 246 Å². The van der Waals surface area contributed by atoms with Gasteiger partial charge in [0, 0.05) is 54.8 Å². The van der Waals surface area contributed by atoms with E-state index in [0.29, 0.717) is 48.1 Å². The van der Waals surface area contributed by atoms with Gasteiger partial charge in [0.05, 0.1) is 5.69 Å². The minimum atomic E-state index is -1.02. The molecule has 0 radical (unpaired) electrons. The van der Waals surface area contributed by atoms with Crippen molar-refractivity contribution in [2.45, 2.75) is 45.7 Å². The van der Waals surface area contributed by atoms with Crippen molar-refractivity contribution in [3.8, 4) is 16.9 Å². The molecule has 0 aliphatic carbocycles. The Morgan fingerprint density at radius 1 is 1.05 bits per heavy atom. The molecule has 0 unspecified atom stereocenters. The van der Waals surface area contributed by atoms with Crippen LogP contribution < -0.4 is 15.8 Å². The molecule has 1 aliphatic heterocycles. The number of piperidine rings is 1. The van der Waals surface area contributed by atoms with Crippen LogP contribution in [0.4, 0.5) is 19.5 Å². The highest BCUT2D eigenvalue weighted by molar-refractivity contribution is 5.98. The lowest BCUT2D eigenvalue weighted by atomic mass is 9.99. The molecule has 0 saturated carbocycles. The Morgan fingerprint density at radius 2 is 1.72 bits per heavy atom. The molecule has 1 aliphatic rings. The van der Waals surface area contributed by atoms with Gasteiger partial charge in [-0.1, -0.05) is 12.1 Å². The standard InChI is InChI=1S/C31H32F2N6O4/c1-17(2)34-29(41)19-9-8-18(3)22(16-19)26-21-10-11-25(40)39(27-23(32)6-5-7-24(27)33)28(21)36-30(35-26)38-14-12-20(13-15-38)37(4)31(42)43/h5-11,16-17,20H,12-15H2,1-4H3,(H,34,41)(H,42,43). The number of hydrogen-bond acceptors (Lipinski definition) is 6. The van der Waals surface area contributed by atoms with E-state index >= 15 is 8.78 Å². The van der Waals surface area contributed by atoms with Crippen LogP contribution >= 0.6 is 0 Å². The van der Waals surface area contributed by atoms with Gasteiger partial charge in [0.2, 0.25) is 5.95 Å². The Bertz CT molecular complexity index is 1760. The largest absolute Gasteiger partial charge is 0.465 e. The lowest BCUT2D eigenvalue weighted by Crippen LogP contribution is -2.45. The molecule has 5 rings (SSSR count). The number of carbonyl (C=O) groups excluding carboxylic acids is 1. The summed E-state index contributed by atoms with van der Waals surface area (Å²) in [6, 6.07) is 11.0. The maximum atomic E-state index is 15.1. The van der Waals surface area contributed by atoms with E-state index in [9.17, 15) is 19.5 Å². The Kier molecular flexibility index (Phi) is 8.12. The van der Waals surface area contributed by atoms with Crippen LogP contribution in [0.2, 0.25) is 0 Å². The number of carbonyl (C=O) groups is 2. The number of nitrogens with one attached hydrogen (secondary N) is 1. The Morgan fingerprint density at radius 3 is 2.35 bits per heavy atom. The Hall–Kier alpha value is -4.87. The summed E-state index contributed by atoms with van der Waals surface area (Å²) < 4.78 is 31.0. The van der Waals surface area contributed by atoms with Gasteiger partial charge in [0.1, 0.15) is 17.3 Å². The molecule has 0 atom stereocenters. The predicted molar refractivity (Wildman–Crippen MR) is 159 cm³/mol. The Balaban J connectivity index is 1.74. The van der Waals surface area contributed by atoms with E-state index in [4.69, 9.17) is 4.98 Å². The smallest absolute Gasteiger partial charge is 0.407 e. The molecule has 0 bridgehead atoms. The zero-order valence-electron chi connectivity index (χ0n) is 24.3. The topological polar surface area (TPSA) is 121 Å². The first-order valence-electron chi connectivity index (χ1n) is 14.0. The third kappa shape index (κ3) is 5.77. The first-order valence-corrected chi connectivity index (χ1v) is 14.0. The van der Waals surface area contributed by atoms with E-state index in [1.165, 1.54) is 30.1 Å². The van der Waals surface area contributed by atoms with Crippen molar-refractivity contribution in [3.63, 3.8) is 0 Å². The van der Waals surface area contributed by atoms with Gasteiger partial charge in [-0.15, -0.1) is 0 Å². The summed E-state index contributed by atoms with van der Waals surface area (Å²) >= 11 is 0. The third-order valence-electron chi connectivity index (χ3n) is 7.67. The van der Waals surface area contributed by atoms with Gasteiger partial charge in [0.25, 0.3) is 11.5 Å². The fraction of sp³-hybridized carbons (Fsp3) is 0.323. The molecule has 2 N–H and O–H groups in total. The van der Waals surface area contributed by atoms with Gasteiger partial charge in [-0.25, -0.2) is 18.6 Å². The number of rotatable bonds is 6. The second-order valence-corrected chi connectivity index (χ2v) is 11.0. The van der Waals surface area contributed by atoms with Crippen LogP contribution in [-0.2, 0) is 0 Å². The van der Waals surface area contributed by atoms with Gasteiger partial charge in [0.15, 0.2) is 5.65 Å². The minimum Gasteiger partial charge on any atom is -0.465 e. The average Bonchev–Trinajstić information content (AvgIpc) is 2.97. The fourth-order valence-electron chi connectivity index (χ4n) is 5.34. The van der Waals surface area contributed by atoms with Crippen molar-refractivity contribution in [1.82, 2.24) is 24.8 Å². The van der Waals surface area contributed by atoms with Crippen LogP contribution in [0.15, 0.2) is 53.3 Å². The summed E-state index contributed by atoms with van der Waals surface area (Å²) in [4.78, 5) is 50.3. The summed E-state index contributed by atoms with van der Waals surface area (Å²) in [7, 11) is 1.53. The maximum Gasteiger partial charge on any atom is 0.407 e. The fourth-order valence-corrected chi connectivity index (χ4v) is 5.34. The van der Waals surface area contributed by atoms with Gasteiger partial charge in [-0.2, -0.15) is 4.98 Å². The zero-order chi connectivity index (χ0) is 31.0. The molecule has 2 aromatic carbocycles. The highest BCUT2D eigenvalue weighted by Crippen LogP contribution is 2.33. The zero-order valence-corrected chi connectivity index (χ0v) is 24.3. The summed E-state index contributed by atoms with van der Waals surface area (Å²) in [6.07, 6.45) is -0.00427. The number of hydrogen-bond donors (Lipinski definition) is 2. The molecule has 1 fully saturated rings. The number of para-hydroxylation sites is 1. The van der Waals surface area contributed by atoms with Crippen LogP contribution in [0.3, 0.4) is 0 Å². The van der Waals surface area contributed by atoms with Crippen LogP contribution in [0, 0.1) is 18.6 Å². The average molecular weight is 591 g/mol. The SMILES string of the molecule is Cc1ccc(C(=O)NC(C)C)cc1-c1nc(N2CCC(N(C)C(=O)O)CC2)nc2c1ccc(=O)n2-c1c(F)cccc1F.